The van der Waals surface area contributed by atoms with Crippen LogP contribution in [0.25, 0.3) is 33.3 Å². The van der Waals surface area contributed by atoms with Crippen LogP contribution >= 0.6 is 11.6 Å². The number of nitrogens with zero attached hydrogens (tertiary/aromatic N) is 7. The molecule has 15 nitrogen and oxygen atoms in total. The molecular formula is C48H53ClN10O5S. The van der Waals surface area contributed by atoms with E-state index in [0.717, 1.165) is 100 Å². The molecule has 3 aromatic heterocycles. The SMILES string of the molecule is CC1(C)CCC(CN2CCN(c3ccc(C(=O)NS(=O)(=O)c4ccc(NC5CCN(C6CC6)CC5)c([N+](=O)[O-])c4)c(-n4[nH]cc5nc6nccc6cc54)c3)CC2)=C(c2ccc(Cl)cc2)C1. The molecule has 65 heavy (non-hydrogen) atoms. The van der Waals surface area contributed by atoms with Crippen LogP contribution in [0.1, 0.15) is 74.7 Å². The average Bonchev–Trinajstić information content (AvgIpc) is 3.91. The number of carbonyl (C=O) groups is 1. The van der Waals surface area contributed by atoms with Gasteiger partial charge in [0, 0.05) is 92.5 Å². The summed E-state index contributed by atoms with van der Waals surface area (Å²) in [6.45, 7) is 10.6. The number of amides is 1. The molecule has 3 N–H and O–H groups in total. The third kappa shape index (κ3) is 9.09. The first-order valence-corrected chi connectivity index (χ1v) is 24.4. The van der Waals surface area contributed by atoms with Crippen molar-refractivity contribution in [3.8, 4) is 5.69 Å². The molecule has 6 aromatic rings. The minimum absolute atomic E-state index is 0.0281. The summed E-state index contributed by atoms with van der Waals surface area (Å²) < 4.78 is 31.8. The molecule has 0 spiro atoms. The lowest BCUT2D eigenvalue weighted by molar-refractivity contribution is -0.384. The van der Waals surface area contributed by atoms with E-state index in [2.05, 4.69) is 60.8 Å². The normalized spacial score (nSPS) is 19.0. The second kappa shape index (κ2) is 17.2. The number of hydrogen-bond donors (Lipinski definition) is 3. The highest BCUT2D eigenvalue weighted by molar-refractivity contribution is 7.90. The van der Waals surface area contributed by atoms with Crippen LogP contribution in [0.5, 0.6) is 0 Å². The van der Waals surface area contributed by atoms with Gasteiger partial charge in [-0.05, 0) is 116 Å². The number of piperidine rings is 1. The number of allylic oxidation sites excluding steroid dienone is 1. The van der Waals surface area contributed by atoms with Crippen molar-refractivity contribution in [3.63, 3.8) is 0 Å². The molecule has 2 saturated heterocycles. The number of nitro groups is 1. The third-order valence-corrected chi connectivity index (χ3v) is 15.3. The number of carbonyl (C=O) groups excluding carboxylic acids is 1. The van der Waals surface area contributed by atoms with Gasteiger partial charge >= 0.3 is 0 Å². The van der Waals surface area contributed by atoms with Crippen LogP contribution in [0.3, 0.4) is 0 Å². The van der Waals surface area contributed by atoms with Gasteiger partial charge in [-0.15, -0.1) is 0 Å². The summed E-state index contributed by atoms with van der Waals surface area (Å²) in [5.74, 6) is -0.886. The Balaban J connectivity index is 0.902. The van der Waals surface area contributed by atoms with Crippen molar-refractivity contribution in [1.29, 1.82) is 0 Å². The Morgan fingerprint density at radius 1 is 0.954 bits per heavy atom. The van der Waals surface area contributed by atoms with E-state index in [1.54, 1.807) is 23.1 Å². The van der Waals surface area contributed by atoms with Gasteiger partial charge in [-0.1, -0.05) is 43.2 Å². The van der Waals surface area contributed by atoms with Crippen molar-refractivity contribution in [2.75, 3.05) is 56.0 Å². The first kappa shape index (κ1) is 43.1. The number of nitrogens with one attached hydrogen (secondary N) is 3. The van der Waals surface area contributed by atoms with Gasteiger partial charge in [0.2, 0.25) is 0 Å². The van der Waals surface area contributed by atoms with Crippen LogP contribution in [0.4, 0.5) is 17.1 Å². The van der Waals surface area contributed by atoms with Gasteiger partial charge in [0.1, 0.15) is 11.2 Å². The number of aromatic nitrogens is 4. The Bertz CT molecular complexity index is 2940. The van der Waals surface area contributed by atoms with Gasteiger partial charge in [-0.3, -0.25) is 29.6 Å². The number of piperazine rings is 1. The van der Waals surface area contributed by atoms with Gasteiger partial charge in [0.15, 0.2) is 5.65 Å². The maximum atomic E-state index is 14.3. The lowest BCUT2D eigenvalue weighted by Gasteiger charge is -2.39. The first-order valence-electron chi connectivity index (χ1n) is 22.5. The first-order chi connectivity index (χ1) is 31.3. The molecule has 4 aliphatic rings. The van der Waals surface area contributed by atoms with Crippen molar-refractivity contribution in [1.82, 2.24) is 34.3 Å². The summed E-state index contributed by atoms with van der Waals surface area (Å²) in [6, 6.07) is 21.8. The molecule has 10 rings (SSSR count). The van der Waals surface area contributed by atoms with Gasteiger partial charge in [0.25, 0.3) is 21.6 Å². The zero-order valence-corrected chi connectivity index (χ0v) is 38.2. The number of nitro benzene ring substituents is 1. The van der Waals surface area contributed by atoms with Crippen LogP contribution in [-0.2, 0) is 10.0 Å². The van der Waals surface area contributed by atoms with E-state index in [1.807, 2.05) is 36.4 Å². The number of rotatable bonds is 12. The minimum atomic E-state index is -4.56. The molecule has 2 aliphatic heterocycles. The largest absolute Gasteiger partial charge is 0.377 e. The number of H-pyrrole nitrogens is 1. The minimum Gasteiger partial charge on any atom is -0.377 e. The predicted octanol–water partition coefficient (Wildman–Crippen LogP) is 8.41. The number of sulfonamides is 1. The summed E-state index contributed by atoms with van der Waals surface area (Å²) in [7, 11) is -4.56. The maximum Gasteiger partial charge on any atom is 0.293 e. The molecule has 5 heterocycles. The van der Waals surface area contributed by atoms with E-state index in [-0.39, 0.29) is 33.3 Å². The molecule has 2 aliphatic carbocycles. The maximum absolute atomic E-state index is 14.3. The molecule has 3 fully saturated rings. The number of likely N-dealkylation sites (tertiary alicyclic amines) is 1. The molecule has 1 saturated carbocycles. The van der Waals surface area contributed by atoms with E-state index in [9.17, 15) is 23.3 Å². The van der Waals surface area contributed by atoms with Crippen molar-refractivity contribution in [2.45, 2.75) is 75.8 Å². The Morgan fingerprint density at radius 3 is 2.46 bits per heavy atom. The predicted molar refractivity (Wildman–Crippen MR) is 254 cm³/mol. The van der Waals surface area contributed by atoms with Gasteiger partial charge in [-0.2, -0.15) is 0 Å². The lowest BCUT2D eigenvalue weighted by Crippen LogP contribution is -2.47. The Hall–Kier alpha value is -5.81. The van der Waals surface area contributed by atoms with E-state index in [1.165, 1.54) is 41.7 Å². The van der Waals surface area contributed by atoms with Crippen molar-refractivity contribution in [2.24, 2.45) is 5.41 Å². The number of halogens is 1. The zero-order chi connectivity index (χ0) is 45.0. The molecule has 3 aromatic carbocycles. The highest BCUT2D eigenvalue weighted by Crippen LogP contribution is 2.43. The summed E-state index contributed by atoms with van der Waals surface area (Å²) in [5, 5.41) is 20.4. The van der Waals surface area contributed by atoms with Crippen molar-refractivity contribution >= 4 is 72.2 Å². The smallest absolute Gasteiger partial charge is 0.293 e. The fourth-order valence-corrected chi connectivity index (χ4v) is 11.0. The van der Waals surface area contributed by atoms with Crippen molar-refractivity contribution in [3.05, 3.63) is 117 Å². The number of pyridine rings is 1. The Labute approximate surface area is 383 Å². The van der Waals surface area contributed by atoms with Gasteiger partial charge in [-0.25, -0.2) is 23.1 Å². The van der Waals surface area contributed by atoms with E-state index >= 15 is 0 Å². The van der Waals surface area contributed by atoms with Crippen LogP contribution < -0.4 is 14.9 Å². The lowest BCUT2D eigenvalue weighted by atomic mass is 9.72. The number of hydrogen-bond acceptors (Lipinski definition) is 11. The molecule has 0 atom stereocenters. The fourth-order valence-electron chi connectivity index (χ4n) is 9.86. The number of anilines is 2. The molecule has 17 heteroatoms. The summed E-state index contributed by atoms with van der Waals surface area (Å²) in [4.78, 5) is 41.9. The van der Waals surface area contributed by atoms with E-state index in [0.29, 0.717) is 28.4 Å². The standard InChI is InChI=1S/C48H53ClN10O5S/c1-48(2)17-13-33(40(28-48)31-3-5-34(49)6-4-31)30-55-21-23-57(24-22-55)37-9-11-39(43(26-37)58-44-25-32-14-18-50-46(32)53-42(44)29-51-58)47(60)54-65(63,64)38-10-12-41(45(27-38)59(61)62)52-35-15-19-56(20-16-35)36-7-8-36/h3-6,9-12,14,18,25-27,29,35-36,51-52H,7-8,13,15-17,19-24,28,30H2,1-2H3,(H,54,60). The van der Waals surface area contributed by atoms with Crippen molar-refractivity contribution < 1.29 is 18.1 Å². The van der Waals surface area contributed by atoms with Crippen LogP contribution in [0.2, 0.25) is 5.02 Å². The number of aromatic amines is 1. The quantitative estimate of drug-likeness (QED) is 0.0795. The molecule has 338 valence electrons. The second-order valence-corrected chi connectivity index (χ2v) is 20.9. The van der Waals surface area contributed by atoms with E-state index in [4.69, 9.17) is 16.6 Å². The summed E-state index contributed by atoms with van der Waals surface area (Å²) >= 11 is 6.26. The monoisotopic (exact) mass is 916 g/mol. The van der Waals surface area contributed by atoms with E-state index < -0.39 is 20.9 Å². The van der Waals surface area contributed by atoms with Gasteiger partial charge in [0.05, 0.1) is 26.6 Å². The van der Waals surface area contributed by atoms with Crippen LogP contribution in [-0.4, -0.2) is 107 Å². The second-order valence-electron chi connectivity index (χ2n) is 18.8. The van der Waals surface area contributed by atoms with Gasteiger partial charge < -0.3 is 15.1 Å². The topological polar surface area (TPSA) is 175 Å². The Kier molecular flexibility index (Phi) is 11.4. The van der Waals surface area contributed by atoms with Crippen LogP contribution in [0, 0.1) is 15.5 Å². The molecule has 0 bridgehead atoms. The molecule has 1 amide bonds. The molecule has 0 unspecified atom stereocenters. The molecule has 0 radical (unpaired) electrons. The highest BCUT2D eigenvalue weighted by Gasteiger charge is 2.34. The Morgan fingerprint density at radius 2 is 1.72 bits per heavy atom. The zero-order valence-electron chi connectivity index (χ0n) is 36.6. The third-order valence-electron chi connectivity index (χ3n) is 13.7. The average molecular weight is 918 g/mol. The number of fused-ring (bicyclic) bond motifs is 2. The van der Waals surface area contributed by atoms with Crippen LogP contribution in [0.15, 0.2) is 95.7 Å². The molecular weight excluding hydrogens is 864 g/mol. The number of benzene rings is 3. The fraction of sp³-hybridized carbons (Fsp3) is 0.396. The highest BCUT2D eigenvalue weighted by atomic mass is 35.5. The summed E-state index contributed by atoms with van der Waals surface area (Å²) in [6.07, 6.45) is 10.7. The summed E-state index contributed by atoms with van der Waals surface area (Å²) in [5.41, 5.74) is 7.47.